The van der Waals surface area contributed by atoms with Gasteiger partial charge in [0.2, 0.25) is 0 Å². The summed E-state index contributed by atoms with van der Waals surface area (Å²) in [6.45, 7) is 3.17. The van der Waals surface area contributed by atoms with Crippen LogP contribution < -0.4 is 10.3 Å². The van der Waals surface area contributed by atoms with Gasteiger partial charge in [-0.1, -0.05) is 6.07 Å². The Balaban J connectivity index is 1.95. The quantitative estimate of drug-likeness (QED) is 0.730. The molecule has 0 saturated carbocycles. The van der Waals surface area contributed by atoms with Crippen LogP contribution in [-0.4, -0.2) is 26.2 Å². The number of aryl methyl sites for hydroxylation is 3. The summed E-state index contributed by atoms with van der Waals surface area (Å²) in [5.74, 6) is 1.54. The highest BCUT2D eigenvalue weighted by Crippen LogP contribution is 2.19. The smallest absolute Gasteiger partial charge is 0.261 e. The number of rotatable bonds is 4. The Bertz CT molecular complexity index is 835. The zero-order valence-electron chi connectivity index (χ0n) is 12.0. The van der Waals surface area contributed by atoms with Crippen LogP contribution in [0.15, 0.2) is 41.7 Å². The van der Waals surface area contributed by atoms with E-state index >= 15 is 0 Å². The number of imidazole rings is 1. The van der Waals surface area contributed by atoms with Crippen molar-refractivity contribution in [2.45, 2.75) is 20.0 Å². The SMILES string of the molecule is COc1cccc2c(=O)n(CCn3ccnc3C)cnc12. The molecule has 0 amide bonds. The third-order valence-corrected chi connectivity index (χ3v) is 3.54. The van der Waals surface area contributed by atoms with Crippen LogP contribution >= 0.6 is 0 Å². The first-order valence-electron chi connectivity index (χ1n) is 6.70. The van der Waals surface area contributed by atoms with Crippen LogP contribution in [0.1, 0.15) is 5.82 Å². The van der Waals surface area contributed by atoms with E-state index in [0.29, 0.717) is 29.7 Å². The van der Waals surface area contributed by atoms with Gasteiger partial charge in [0.15, 0.2) is 0 Å². The highest BCUT2D eigenvalue weighted by Gasteiger charge is 2.08. The van der Waals surface area contributed by atoms with E-state index < -0.39 is 0 Å². The summed E-state index contributed by atoms with van der Waals surface area (Å²) in [5, 5.41) is 0.569. The molecule has 0 aliphatic carbocycles. The second-order valence-electron chi connectivity index (χ2n) is 4.77. The molecule has 0 spiro atoms. The highest BCUT2D eigenvalue weighted by atomic mass is 16.5. The van der Waals surface area contributed by atoms with Crippen molar-refractivity contribution < 1.29 is 4.74 Å². The average Bonchev–Trinajstić information content (AvgIpc) is 2.91. The fourth-order valence-electron chi connectivity index (χ4n) is 2.34. The van der Waals surface area contributed by atoms with Crippen LogP contribution in [0.3, 0.4) is 0 Å². The van der Waals surface area contributed by atoms with Crippen LogP contribution in [-0.2, 0) is 13.1 Å². The van der Waals surface area contributed by atoms with E-state index in [9.17, 15) is 4.79 Å². The van der Waals surface area contributed by atoms with Crippen molar-refractivity contribution in [3.05, 3.63) is 53.1 Å². The molecule has 0 radical (unpaired) electrons. The van der Waals surface area contributed by atoms with Crippen molar-refractivity contribution in [2.75, 3.05) is 7.11 Å². The van der Waals surface area contributed by atoms with Crippen LogP contribution in [0.4, 0.5) is 0 Å². The Morgan fingerprint density at radius 2 is 2.00 bits per heavy atom. The van der Waals surface area contributed by atoms with Gasteiger partial charge in [-0.15, -0.1) is 0 Å². The van der Waals surface area contributed by atoms with Crippen LogP contribution in [0, 0.1) is 6.92 Å². The zero-order valence-corrected chi connectivity index (χ0v) is 12.0. The van der Waals surface area contributed by atoms with Crippen molar-refractivity contribution in [1.82, 2.24) is 19.1 Å². The summed E-state index contributed by atoms with van der Waals surface area (Å²) in [4.78, 5) is 21.0. The number of ether oxygens (including phenoxy) is 1. The molecule has 21 heavy (non-hydrogen) atoms. The second-order valence-corrected chi connectivity index (χ2v) is 4.77. The molecule has 0 N–H and O–H groups in total. The van der Waals surface area contributed by atoms with E-state index in [1.54, 1.807) is 42.4 Å². The molecule has 3 rings (SSSR count). The van der Waals surface area contributed by atoms with Gasteiger partial charge < -0.3 is 9.30 Å². The molecule has 0 aliphatic heterocycles. The normalized spacial score (nSPS) is 11.0. The third kappa shape index (κ3) is 2.40. The van der Waals surface area contributed by atoms with Crippen molar-refractivity contribution >= 4 is 10.9 Å². The van der Waals surface area contributed by atoms with Gasteiger partial charge in [0.25, 0.3) is 5.56 Å². The number of hydrogen-bond acceptors (Lipinski definition) is 4. The number of aromatic nitrogens is 4. The molecule has 0 saturated heterocycles. The molecule has 108 valence electrons. The molecule has 2 heterocycles. The van der Waals surface area contributed by atoms with Gasteiger partial charge >= 0.3 is 0 Å². The van der Waals surface area contributed by atoms with Gasteiger partial charge in [-0.3, -0.25) is 9.36 Å². The average molecular weight is 284 g/mol. The first-order chi connectivity index (χ1) is 10.2. The van der Waals surface area contributed by atoms with E-state index in [1.165, 1.54) is 0 Å². The second kappa shape index (κ2) is 5.40. The maximum absolute atomic E-state index is 12.5. The molecule has 0 fully saturated rings. The van der Waals surface area contributed by atoms with Crippen molar-refractivity contribution in [2.24, 2.45) is 0 Å². The lowest BCUT2D eigenvalue weighted by atomic mass is 10.2. The number of hydrogen-bond donors (Lipinski definition) is 0. The van der Waals surface area contributed by atoms with Crippen molar-refractivity contribution in [1.29, 1.82) is 0 Å². The molecule has 0 bridgehead atoms. The molecule has 2 aromatic heterocycles. The van der Waals surface area contributed by atoms with Crippen LogP contribution in [0.25, 0.3) is 10.9 Å². The number of nitrogens with zero attached hydrogens (tertiary/aromatic N) is 4. The van der Waals surface area contributed by atoms with E-state index in [4.69, 9.17) is 4.74 Å². The van der Waals surface area contributed by atoms with Gasteiger partial charge in [-0.25, -0.2) is 9.97 Å². The topological polar surface area (TPSA) is 61.9 Å². The Kier molecular flexibility index (Phi) is 3.43. The lowest BCUT2D eigenvalue weighted by Gasteiger charge is -2.09. The maximum atomic E-state index is 12.5. The van der Waals surface area contributed by atoms with Crippen molar-refractivity contribution in [3.8, 4) is 5.75 Å². The Hall–Kier alpha value is -2.63. The highest BCUT2D eigenvalue weighted by molar-refractivity contribution is 5.83. The fourth-order valence-corrected chi connectivity index (χ4v) is 2.34. The van der Waals surface area contributed by atoms with Crippen LogP contribution in [0.5, 0.6) is 5.75 Å². The van der Waals surface area contributed by atoms with E-state index in [0.717, 1.165) is 5.82 Å². The molecule has 1 aromatic carbocycles. The molecule has 3 aromatic rings. The summed E-state index contributed by atoms with van der Waals surface area (Å²) in [7, 11) is 1.57. The van der Waals surface area contributed by atoms with E-state index in [1.807, 2.05) is 17.7 Å². The fraction of sp³-hybridized carbons (Fsp3) is 0.267. The Labute approximate surface area is 121 Å². The molecular weight excluding hydrogens is 268 g/mol. The molecule has 0 aliphatic rings. The maximum Gasteiger partial charge on any atom is 0.261 e. The number of fused-ring (bicyclic) bond motifs is 1. The van der Waals surface area contributed by atoms with E-state index in [-0.39, 0.29) is 5.56 Å². The predicted octanol–water partition coefficient (Wildman–Crippen LogP) is 1.61. The first-order valence-corrected chi connectivity index (χ1v) is 6.70. The molecule has 0 atom stereocenters. The van der Waals surface area contributed by atoms with Gasteiger partial charge in [-0.2, -0.15) is 0 Å². The van der Waals surface area contributed by atoms with Crippen molar-refractivity contribution in [3.63, 3.8) is 0 Å². The van der Waals surface area contributed by atoms with Gasteiger partial charge in [-0.05, 0) is 19.1 Å². The van der Waals surface area contributed by atoms with Gasteiger partial charge in [0, 0.05) is 25.5 Å². The summed E-state index contributed by atoms with van der Waals surface area (Å²) in [5.41, 5.74) is 0.539. The molecule has 6 heteroatoms. The Morgan fingerprint density at radius 3 is 2.71 bits per heavy atom. The predicted molar refractivity (Wildman–Crippen MR) is 79.5 cm³/mol. The lowest BCUT2D eigenvalue weighted by Crippen LogP contribution is -2.23. The largest absolute Gasteiger partial charge is 0.494 e. The monoisotopic (exact) mass is 284 g/mol. The van der Waals surface area contributed by atoms with E-state index in [2.05, 4.69) is 9.97 Å². The number of benzene rings is 1. The molecule has 6 nitrogen and oxygen atoms in total. The minimum atomic E-state index is -0.0586. The summed E-state index contributed by atoms with van der Waals surface area (Å²) in [6.07, 6.45) is 5.22. The first kappa shape index (κ1) is 13.4. The molecule has 0 unspecified atom stereocenters. The lowest BCUT2D eigenvalue weighted by molar-refractivity contribution is 0.418. The minimum absolute atomic E-state index is 0.0586. The Morgan fingerprint density at radius 1 is 1.19 bits per heavy atom. The van der Waals surface area contributed by atoms with Crippen LogP contribution in [0.2, 0.25) is 0 Å². The van der Waals surface area contributed by atoms with Gasteiger partial charge in [0.1, 0.15) is 17.1 Å². The minimum Gasteiger partial charge on any atom is -0.494 e. The number of para-hydroxylation sites is 1. The standard InChI is InChI=1S/C15H16N4O2/c1-11-16-6-7-18(11)8-9-19-10-17-14-12(15(19)20)4-3-5-13(14)21-2/h3-7,10H,8-9H2,1-2H3. The molecular formula is C15H16N4O2. The summed E-state index contributed by atoms with van der Waals surface area (Å²) >= 11 is 0. The third-order valence-electron chi connectivity index (χ3n) is 3.54. The number of methoxy groups -OCH3 is 1. The zero-order chi connectivity index (χ0) is 14.8. The van der Waals surface area contributed by atoms with Gasteiger partial charge in [0.05, 0.1) is 18.8 Å². The summed E-state index contributed by atoms with van der Waals surface area (Å²) in [6, 6.07) is 5.37. The summed E-state index contributed by atoms with van der Waals surface area (Å²) < 4.78 is 8.85.